The summed E-state index contributed by atoms with van der Waals surface area (Å²) in [7, 11) is 0. The van der Waals surface area contributed by atoms with Gasteiger partial charge >= 0.3 is 0 Å². The third-order valence-corrected chi connectivity index (χ3v) is 4.86. The molecule has 0 saturated carbocycles. The van der Waals surface area contributed by atoms with Crippen LogP contribution in [0.15, 0.2) is 10.4 Å². The fraction of sp³-hybridized carbons (Fsp3) is 0.765. The lowest BCUT2D eigenvalue weighted by molar-refractivity contribution is 0.331. The Kier molecular flexibility index (Phi) is 11.6. The van der Waals surface area contributed by atoms with Gasteiger partial charge in [-0.05, 0) is 59.2 Å². The lowest BCUT2D eigenvalue weighted by atomic mass is 10.3. The highest BCUT2D eigenvalue weighted by atomic mass is 127. The zero-order chi connectivity index (χ0) is 16.3. The molecule has 5 nitrogen and oxygen atoms in total. The van der Waals surface area contributed by atoms with E-state index in [4.69, 9.17) is 0 Å². The number of aliphatic imine (C=N–C) groups is 1. The lowest BCUT2D eigenvalue weighted by Gasteiger charge is -2.14. The second kappa shape index (κ2) is 12.9. The van der Waals surface area contributed by atoms with Gasteiger partial charge in [0, 0.05) is 31.4 Å². The van der Waals surface area contributed by atoms with E-state index in [-0.39, 0.29) is 24.0 Å². The SMILES string of the molecule is CCNC(=NCCCCN1CCCC1)NCCc1csc(C)n1.I. The van der Waals surface area contributed by atoms with Crippen LogP contribution in [0.25, 0.3) is 0 Å². The number of halogens is 1. The van der Waals surface area contributed by atoms with Crippen LogP contribution in [0.4, 0.5) is 0 Å². The molecule has 1 aliphatic rings. The fourth-order valence-corrected chi connectivity index (χ4v) is 3.47. The van der Waals surface area contributed by atoms with Crippen molar-refractivity contribution in [2.24, 2.45) is 4.99 Å². The topological polar surface area (TPSA) is 52.6 Å². The third-order valence-electron chi connectivity index (χ3n) is 4.04. The van der Waals surface area contributed by atoms with Gasteiger partial charge in [-0.1, -0.05) is 0 Å². The molecule has 2 rings (SSSR count). The first kappa shape index (κ1) is 21.6. The van der Waals surface area contributed by atoms with E-state index in [0.29, 0.717) is 0 Å². The van der Waals surface area contributed by atoms with Gasteiger partial charge in [-0.2, -0.15) is 0 Å². The largest absolute Gasteiger partial charge is 0.357 e. The molecular formula is C17H32IN5S. The molecule has 0 aromatic carbocycles. The molecule has 2 heterocycles. The number of nitrogens with zero attached hydrogens (tertiary/aromatic N) is 3. The molecule has 138 valence electrons. The molecule has 0 bridgehead atoms. The van der Waals surface area contributed by atoms with Crippen LogP contribution >= 0.6 is 35.3 Å². The zero-order valence-corrected chi connectivity index (χ0v) is 18.2. The van der Waals surface area contributed by atoms with Gasteiger partial charge in [0.25, 0.3) is 0 Å². The minimum atomic E-state index is 0. The van der Waals surface area contributed by atoms with Crippen molar-refractivity contribution < 1.29 is 0 Å². The highest BCUT2D eigenvalue weighted by molar-refractivity contribution is 14.0. The number of guanidine groups is 1. The molecule has 1 fully saturated rings. The van der Waals surface area contributed by atoms with Crippen molar-refractivity contribution in [3.63, 3.8) is 0 Å². The summed E-state index contributed by atoms with van der Waals surface area (Å²) >= 11 is 1.71. The van der Waals surface area contributed by atoms with E-state index >= 15 is 0 Å². The maximum Gasteiger partial charge on any atom is 0.191 e. The Hall–Kier alpha value is -0.410. The highest BCUT2D eigenvalue weighted by Gasteiger charge is 2.09. The molecule has 1 saturated heterocycles. The average molecular weight is 465 g/mol. The Labute approximate surface area is 167 Å². The van der Waals surface area contributed by atoms with Crippen molar-refractivity contribution in [3.05, 3.63) is 16.1 Å². The quantitative estimate of drug-likeness (QED) is 0.255. The van der Waals surface area contributed by atoms with E-state index in [0.717, 1.165) is 37.0 Å². The van der Waals surface area contributed by atoms with Gasteiger partial charge in [0.05, 0.1) is 10.7 Å². The minimum Gasteiger partial charge on any atom is -0.357 e. The number of thiazole rings is 1. The molecule has 0 amide bonds. The van der Waals surface area contributed by atoms with Gasteiger partial charge in [-0.3, -0.25) is 4.99 Å². The fourth-order valence-electron chi connectivity index (χ4n) is 2.82. The van der Waals surface area contributed by atoms with Crippen molar-refractivity contribution in [2.75, 3.05) is 39.3 Å². The second-order valence-electron chi connectivity index (χ2n) is 6.05. The van der Waals surface area contributed by atoms with Crippen LogP contribution in [-0.2, 0) is 6.42 Å². The first-order chi connectivity index (χ1) is 11.3. The summed E-state index contributed by atoms with van der Waals surface area (Å²) in [6.45, 7) is 10.7. The maximum atomic E-state index is 4.67. The molecule has 0 unspecified atom stereocenters. The van der Waals surface area contributed by atoms with Crippen molar-refractivity contribution in [3.8, 4) is 0 Å². The van der Waals surface area contributed by atoms with Crippen molar-refractivity contribution in [1.29, 1.82) is 0 Å². The number of hydrogen-bond acceptors (Lipinski definition) is 4. The number of likely N-dealkylation sites (tertiary alicyclic amines) is 1. The molecule has 7 heteroatoms. The van der Waals surface area contributed by atoms with Gasteiger partial charge < -0.3 is 15.5 Å². The Bertz CT molecular complexity index is 471. The molecule has 1 aromatic rings. The number of aryl methyl sites for hydroxylation is 1. The summed E-state index contributed by atoms with van der Waals surface area (Å²) in [5.41, 5.74) is 1.17. The van der Waals surface area contributed by atoms with Gasteiger partial charge in [0.15, 0.2) is 5.96 Å². The van der Waals surface area contributed by atoms with Gasteiger partial charge in [-0.15, -0.1) is 35.3 Å². The zero-order valence-electron chi connectivity index (χ0n) is 15.0. The molecule has 24 heavy (non-hydrogen) atoms. The Morgan fingerprint density at radius 1 is 1.29 bits per heavy atom. The number of hydrogen-bond donors (Lipinski definition) is 2. The van der Waals surface area contributed by atoms with E-state index in [1.807, 2.05) is 0 Å². The van der Waals surface area contributed by atoms with Crippen LogP contribution in [-0.4, -0.2) is 55.1 Å². The van der Waals surface area contributed by atoms with Crippen molar-refractivity contribution in [1.82, 2.24) is 20.5 Å². The summed E-state index contributed by atoms with van der Waals surface area (Å²) in [6, 6.07) is 0. The maximum absolute atomic E-state index is 4.67. The molecular weight excluding hydrogens is 433 g/mol. The number of nitrogens with one attached hydrogen (secondary N) is 2. The predicted molar refractivity (Wildman–Crippen MR) is 115 cm³/mol. The van der Waals surface area contributed by atoms with Crippen LogP contribution in [0, 0.1) is 6.92 Å². The minimum absolute atomic E-state index is 0. The van der Waals surface area contributed by atoms with E-state index in [2.05, 4.69) is 44.7 Å². The molecule has 2 N–H and O–H groups in total. The normalized spacial score (nSPS) is 15.3. The number of aromatic nitrogens is 1. The molecule has 1 aromatic heterocycles. The Balaban J connectivity index is 0.00000288. The first-order valence-electron chi connectivity index (χ1n) is 8.93. The van der Waals surface area contributed by atoms with Crippen LogP contribution in [0.1, 0.15) is 43.3 Å². The average Bonchev–Trinajstić information content (AvgIpc) is 3.19. The van der Waals surface area contributed by atoms with Crippen LogP contribution in [0.5, 0.6) is 0 Å². The Morgan fingerprint density at radius 3 is 2.75 bits per heavy atom. The lowest BCUT2D eigenvalue weighted by Crippen LogP contribution is -2.38. The molecule has 0 radical (unpaired) electrons. The third kappa shape index (κ3) is 8.62. The predicted octanol–water partition coefficient (Wildman–Crippen LogP) is 3.04. The molecule has 1 aliphatic heterocycles. The molecule has 0 spiro atoms. The van der Waals surface area contributed by atoms with E-state index < -0.39 is 0 Å². The van der Waals surface area contributed by atoms with E-state index in [9.17, 15) is 0 Å². The van der Waals surface area contributed by atoms with Crippen LogP contribution in [0.3, 0.4) is 0 Å². The first-order valence-corrected chi connectivity index (χ1v) is 9.81. The molecule has 0 aliphatic carbocycles. The van der Waals surface area contributed by atoms with Crippen molar-refractivity contribution >= 4 is 41.3 Å². The van der Waals surface area contributed by atoms with E-state index in [1.165, 1.54) is 51.0 Å². The van der Waals surface area contributed by atoms with Crippen molar-refractivity contribution in [2.45, 2.75) is 46.0 Å². The summed E-state index contributed by atoms with van der Waals surface area (Å²) in [5.74, 6) is 0.931. The van der Waals surface area contributed by atoms with Gasteiger partial charge in [-0.25, -0.2) is 4.98 Å². The highest BCUT2D eigenvalue weighted by Crippen LogP contribution is 2.08. The smallest absolute Gasteiger partial charge is 0.191 e. The second-order valence-corrected chi connectivity index (χ2v) is 7.11. The summed E-state index contributed by atoms with van der Waals surface area (Å²) in [4.78, 5) is 11.7. The van der Waals surface area contributed by atoms with Gasteiger partial charge in [0.2, 0.25) is 0 Å². The van der Waals surface area contributed by atoms with Crippen LogP contribution < -0.4 is 10.6 Å². The summed E-state index contributed by atoms with van der Waals surface area (Å²) in [6.07, 6.45) is 6.12. The van der Waals surface area contributed by atoms with Gasteiger partial charge in [0.1, 0.15) is 0 Å². The van der Waals surface area contributed by atoms with E-state index in [1.54, 1.807) is 11.3 Å². The monoisotopic (exact) mass is 465 g/mol. The number of unbranched alkanes of at least 4 members (excludes halogenated alkanes) is 1. The van der Waals surface area contributed by atoms with Crippen LogP contribution in [0.2, 0.25) is 0 Å². The Morgan fingerprint density at radius 2 is 2.08 bits per heavy atom. The molecule has 0 atom stereocenters. The summed E-state index contributed by atoms with van der Waals surface area (Å²) in [5, 5.41) is 10.00. The standard InChI is InChI=1S/C17H31N5S.HI/c1-3-18-17(20-10-8-16-14-23-15(2)21-16)19-9-4-5-11-22-12-6-7-13-22;/h14H,3-13H2,1-2H3,(H2,18,19,20);1H. The summed E-state index contributed by atoms with van der Waals surface area (Å²) < 4.78 is 0. The number of rotatable bonds is 9.